The maximum atomic E-state index is 12.8. The highest BCUT2D eigenvalue weighted by Crippen LogP contribution is 2.22. The second kappa shape index (κ2) is 6.45. The van der Waals surface area contributed by atoms with Crippen molar-refractivity contribution in [3.05, 3.63) is 72.3 Å². The molecule has 0 unspecified atom stereocenters. The van der Waals surface area contributed by atoms with Crippen LogP contribution >= 0.6 is 11.8 Å². The van der Waals surface area contributed by atoms with Gasteiger partial charge in [0.05, 0.1) is 5.69 Å². The Kier molecular flexibility index (Phi) is 4.21. The number of rotatable bonds is 4. The molecule has 0 aliphatic carbocycles. The average Bonchev–Trinajstić information content (AvgIpc) is 2.56. The van der Waals surface area contributed by atoms with E-state index in [1.807, 2.05) is 24.3 Å². The van der Waals surface area contributed by atoms with Crippen molar-refractivity contribution in [1.82, 2.24) is 15.2 Å². The normalized spacial score (nSPS) is 10.5. The first kappa shape index (κ1) is 13.7. The summed E-state index contributed by atoms with van der Waals surface area (Å²) in [6, 6.07) is 14.2. The molecule has 0 aliphatic heterocycles. The summed E-state index contributed by atoms with van der Waals surface area (Å²) in [6.45, 7) is 0. The van der Waals surface area contributed by atoms with Gasteiger partial charge in [-0.2, -0.15) is 0 Å². The van der Waals surface area contributed by atoms with Crippen LogP contribution < -0.4 is 0 Å². The smallest absolute Gasteiger partial charge is 0.123 e. The Morgan fingerprint density at radius 3 is 2.48 bits per heavy atom. The van der Waals surface area contributed by atoms with Crippen molar-refractivity contribution in [3.8, 4) is 11.3 Å². The van der Waals surface area contributed by atoms with Gasteiger partial charge in [-0.25, -0.2) is 4.39 Å². The molecule has 0 atom stereocenters. The van der Waals surface area contributed by atoms with Crippen LogP contribution in [0.25, 0.3) is 11.3 Å². The van der Waals surface area contributed by atoms with Crippen LogP contribution in [-0.4, -0.2) is 15.2 Å². The lowest BCUT2D eigenvalue weighted by Gasteiger charge is -2.02. The molecule has 0 amide bonds. The van der Waals surface area contributed by atoms with Gasteiger partial charge in [0.25, 0.3) is 0 Å². The number of hydrogen-bond acceptors (Lipinski definition) is 4. The standard InChI is InChI=1S/C16H12FN3S/c17-14-5-3-12(4-6-14)11-21-16-8-7-15(19-20-16)13-2-1-9-18-10-13/h1-10H,11H2. The predicted molar refractivity (Wildman–Crippen MR) is 81.2 cm³/mol. The van der Waals surface area contributed by atoms with E-state index in [2.05, 4.69) is 15.2 Å². The Balaban J connectivity index is 1.66. The van der Waals surface area contributed by atoms with Crippen molar-refractivity contribution in [2.45, 2.75) is 10.8 Å². The van der Waals surface area contributed by atoms with Crippen molar-refractivity contribution < 1.29 is 4.39 Å². The van der Waals surface area contributed by atoms with Gasteiger partial charge >= 0.3 is 0 Å². The summed E-state index contributed by atoms with van der Waals surface area (Å²) in [5.41, 5.74) is 2.80. The molecule has 3 aromatic rings. The molecule has 0 radical (unpaired) electrons. The molecule has 1 aromatic carbocycles. The Bertz CT molecular complexity index is 700. The lowest BCUT2D eigenvalue weighted by atomic mass is 10.2. The summed E-state index contributed by atoms with van der Waals surface area (Å²) in [4.78, 5) is 4.06. The summed E-state index contributed by atoms with van der Waals surface area (Å²) in [5, 5.41) is 9.24. The summed E-state index contributed by atoms with van der Waals surface area (Å²) in [5.74, 6) is 0.519. The van der Waals surface area contributed by atoms with Gasteiger partial charge in [0, 0.05) is 23.7 Å². The van der Waals surface area contributed by atoms with Crippen molar-refractivity contribution >= 4 is 11.8 Å². The first-order chi connectivity index (χ1) is 10.3. The maximum Gasteiger partial charge on any atom is 0.123 e. The fourth-order valence-electron chi connectivity index (χ4n) is 1.80. The highest BCUT2D eigenvalue weighted by molar-refractivity contribution is 7.98. The summed E-state index contributed by atoms with van der Waals surface area (Å²) in [7, 11) is 0. The Morgan fingerprint density at radius 1 is 0.952 bits per heavy atom. The van der Waals surface area contributed by atoms with Crippen molar-refractivity contribution in [1.29, 1.82) is 0 Å². The first-order valence-corrected chi connectivity index (χ1v) is 7.41. The fourth-order valence-corrected chi connectivity index (χ4v) is 2.57. The largest absolute Gasteiger partial charge is 0.264 e. The lowest BCUT2D eigenvalue weighted by molar-refractivity contribution is 0.627. The predicted octanol–water partition coefficient (Wildman–Crippen LogP) is 3.97. The number of nitrogens with zero attached hydrogens (tertiary/aromatic N) is 3. The van der Waals surface area contributed by atoms with Gasteiger partial charge in [-0.1, -0.05) is 23.9 Å². The van der Waals surface area contributed by atoms with Crippen LogP contribution in [0, 0.1) is 5.82 Å². The van der Waals surface area contributed by atoms with Crippen molar-refractivity contribution in [3.63, 3.8) is 0 Å². The number of hydrogen-bond donors (Lipinski definition) is 0. The van der Waals surface area contributed by atoms with E-state index in [1.54, 1.807) is 36.3 Å². The van der Waals surface area contributed by atoms with E-state index in [0.29, 0.717) is 0 Å². The second-order valence-corrected chi connectivity index (χ2v) is 5.41. The average molecular weight is 297 g/mol. The van der Waals surface area contributed by atoms with Gasteiger partial charge < -0.3 is 0 Å². The van der Waals surface area contributed by atoms with Crippen LogP contribution in [0.15, 0.2) is 66.0 Å². The number of aromatic nitrogens is 3. The van der Waals surface area contributed by atoms with E-state index >= 15 is 0 Å². The Labute approximate surface area is 126 Å². The quantitative estimate of drug-likeness (QED) is 0.683. The number of pyridine rings is 1. The number of halogens is 1. The molecule has 2 heterocycles. The Morgan fingerprint density at radius 2 is 1.81 bits per heavy atom. The molecule has 0 N–H and O–H groups in total. The van der Waals surface area contributed by atoms with Crippen LogP contribution in [0.5, 0.6) is 0 Å². The molecule has 104 valence electrons. The zero-order valence-corrected chi connectivity index (χ0v) is 11.9. The van der Waals surface area contributed by atoms with E-state index in [1.165, 1.54) is 12.1 Å². The molecule has 0 saturated heterocycles. The molecule has 5 heteroatoms. The summed E-state index contributed by atoms with van der Waals surface area (Å²) < 4.78 is 12.8. The highest BCUT2D eigenvalue weighted by Gasteiger charge is 2.02. The molecule has 2 aromatic heterocycles. The van der Waals surface area contributed by atoms with Gasteiger partial charge in [-0.05, 0) is 42.0 Å². The monoisotopic (exact) mass is 297 g/mol. The third-order valence-electron chi connectivity index (χ3n) is 2.90. The topological polar surface area (TPSA) is 38.7 Å². The van der Waals surface area contributed by atoms with Crippen LogP contribution in [0.4, 0.5) is 4.39 Å². The number of benzene rings is 1. The van der Waals surface area contributed by atoms with Gasteiger partial charge in [0.1, 0.15) is 10.8 Å². The van der Waals surface area contributed by atoms with Crippen LogP contribution in [-0.2, 0) is 5.75 Å². The maximum absolute atomic E-state index is 12.8. The van der Waals surface area contributed by atoms with Crippen LogP contribution in [0.3, 0.4) is 0 Å². The molecule has 0 bridgehead atoms. The first-order valence-electron chi connectivity index (χ1n) is 6.43. The molecule has 3 rings (SSSR count). The van der Waals surface area contributed by atoms with Crippen molar-refractivity contribution in [2.24, 2.45) is 0 Å². The molecular weight excluding hydrogens is 285 g/mol. The lowest BCUT2D eigenvalue weighted by Crippen LogP contribution is -1.90. The second-order valence-electron chi connectivity index (χ2n) is 4.41. The number of thioether (sulfide) groups is 1. The van der Waals surface area contributed by atoms with E-state index < -0.39 is 0 Å². The molecule has 3 nitrogen and oxygen atoms in total. The van der Waals surface area contributed by atoms with Gasteiger partial charge in [-0.3, -0.25) is 4.98 Å². The Hall–Kier alpha value is -2.27. The molecule has 21 heavy (non-hydrogen) atoms. The highest BCUT2D eigenvalue weighted by atomic mass is 32.2. The zero-order chi connectivity index (χ0) is 14.5. The van der Waals surface area contributed by atoms with Gasteiger partial charge in [-0.15, -0.1) is 10.2 Å². The van der Waals surface area contributed by atoms with Crippen molar-refractivity contribution in [2.75, 3.05) is 0 Å². The SMILES string of the molecule is Fc1ccc(CSc2ccc(-c3cccnc3)nn2)cc1. The van der Waals surface area contributed by atoms with E-state index in [4.69, 9.17) is 0 Å². The minimum absolute atomic E-state index is 0.218. The van der Waals surface area contributed by atoms with E-state index in [9.17, 15) is 4.39 Å². The molecule has 0 aliphatic rings. The van der Waals surface area contributed by atoms with Crippen LogP contribution in [0.1, 0.15) is 5.56 Å². The minimum atomic E-state index is -0.218. The molecular formula is C16H12FN3S. The fraction of sp³-hybridized carbons (Fsp3) is 0.0625. The molecule has 0 fully saturated rings. The van der Waals surface area contributed by atoms with Gasteiger partial charge in [0.2, 0.25) is 0 Å². The molecule has 0 saturated carbocycles. The molecule has 0 spiro atoms. The summed E-state index contributed by atoms with van der Waals surface area (Å²) in [6.07, 6.45) is 3.49. The van der Waals surface area contributed by atoms with E-state index in [-0.39, 0.29) is 5.82 Å². The van der Waals surface area contributed by atoms with Crippen LogP contribution in [0.2, 0.25) is 0 Å². The van der Waals surface area contributed by atoms with Gasteiger partial charge in [0.15, 0.2) is 0 Å². The zero-order valence-electron chi connectivity index (χ0n) is 11.1. The third-order valence-corrected chi connectivity index (χ3v) is 3.89. The third kappa shape index (κ3) is 3.64. The van der Waals surface area contributed by atoms with E-state index in [0.717, 1.165) is 27.6 Å². The minimum Gasteiger partial charge on any atom is -0.264 e. The summed E-state index contributed by atoms with van der Waals surface area (Å²) >= 11 is 1.57.